The van der Waals surface area contributed by atoms with Crippen molar-refractivity contribution in [1.82, 2.24) is 0 Å². The maximum atomic E-state index is 13.1. The van der Waals surface area contributed by atoms with Crippen molar-refractivity contribution in [3.8, 4) is 5.75 Å². The van der Waals surface area contributed by atoms with E-state index in [1.54, 1.807) is 0 Å². The van der Waals surface area contributed by atoms with Gasteiger partial charge in [0.2, 0.25) is 0 Å². The molecule has 0 amide bonds. The maximum Gasteiger partial charge on any atom is 0.327 e. The molecule has 0 aliphatic heterocycles. The maximum absolute atomic E-state index is 13.1. The van der Waals surface area contributed by atoms with Crippen LogP contribution in [0.2, 0.25) is 0 Å². The second kappa shape index (κ2) is 6.88. The van der Waals surface area contributed by atoms with Crippen molar-refractivity contribution in [1.29, 1.82) is 0 Å². The highest BCUT2D eigenvalue weighted by molar-refractivity contribution is 7.92. The molecule has 0 fully saturated rings. The highest BCUT2D eigenvalue weighted by atomic mass is 32.2. The molecule has 0 spiro atoms. The topological polar surface area (TPSA) is 83.9 Å². The second-order valence-corrected chi connectivity index (χ2v) is 6.78. The number of methoxy groups -OCH3 is 1. The van der Waals surface area contributed by atoms with Crippen molar-refractivity contribution >= 4 is 21.7 Å². The molecular weight excluding hydrogens is 337 g/mol. The van der Waals surface area contributed by atoms with Crippen LogP contribution in [-0.2, 0) is 14.8 Å². The van der Waals surface area contributed by atoms with Gasteiger partial charge in [-0.05, 0) is 55.5 Å². The second-order valence-electron chi connectivity index (χ2n) is 4.97. The van der Waals surface area contributed by atoms with Crippen LogP contribution in [0, 0.1) is 5.82 Å². The first-order valence-corrected chi connectivity index (χ1v) is 8.38. The van der Waals surface area contributed by atoms with E-state index < -0.39 is 27.9 Å². The van der Waals surface area contributed by atoms with E-state index in [4.69, 9.17) is 4.74 Å². The molecule has 24 heavy (non-hydrogen) atoms. The molecular formula is C16H16FNO5S. The van der Waals surface area contributed by atoms with E-state index in [2.05, 4.69) is 0 Å². The Balaban J connectivity index is 2.56. The van der Waals surface area contributed by atoms with Crippen LogP contribution >= 0.6 is 0 Å². The Bertz CT molecular complexity index is 819. The van der Waals surface area contributed by atoms with Gasteiger partial charge in [0.15, 0.2) is 0 Å². The van der Waals surface area contributed by atoms with Gasteiger partial charge in [-0.2, -0.15) is 0 Å². The predicted octanol–water partition coefficient (Wildman–Crippen LogP) is 2.50. The number of nitrogens with zero attached hydrogens (tertiary/aromatic N) is 1. The van der Waals surface area contributed by atoms with Crippen molar-refractivity contribution in [2.45, 2.75) is 17.9 Å². The number of carboxylic acid groups (broad SMARTS) is 1. The van der Waals surface area contributed by atoms with Crippen LogP contribution in [0.1, 0.15) is 6.92 Å². The summed E-state index contributed by atoms with van der Waals surface area (Å²) in [7, 11) is -2.73. The molecule has 0 heterocycles. The normalized spacial score (nSPS) is 12.5. The van der Waals surface area contributed by atoms with Crippen LogP contribution in [-0.4, -0.2) is 32.6 Å². The summed E-state index contributed by atoms with van der Waals surface area (Å²) in [5.41, 5.74) is 0.162. The number of carbonyl (C=O) groups is 1. The van der Waals surface area contributed by atoms with Gasteiger partial charge in [0.1, 0.15) is 17.6 Å². The third kappa shape index (κ3) is 3.48. The molecule has 1 atom stereocenters. The Morgan fingerprint density at radius 1 is 1.12 bits per heavy atom. The smallest absolute Gasteiger partial charge is 0.327 e. The van der Waals surface area contributed by atoms with Gasteiger partial charge in [0.25, 0.3) is 10.0 Å². The third-order valence-corrected chi connectivity index (χ3v) is 5.32. The van der Waals surface area contributed by atoms with Crippen LogP contribution in [0.5, 0.6) is 5.75 Å². The summed E-state index contributed by atoms with van der Waals surface area (Å²) in [5.74, 6) is -1.39. The minimum atomic E-state index is -4.19. The van der Waals surface area contributed by atoms with E-state index >= 15 is 0 Å². The summed E-state index contributed by atoms with van der Waals surface area (Å²) in [6.45, 7) is 1.26. The first-order valence-electron chi connectivity index (χ1n) is 6.94. The molecule has 0 radical (unpaired) electrons. The Morgan fingerprint density at radius 3 is 2.12 bits per heavy atom. The van der Waals surface area contributed by atoms with E-state index in [9.17, 15) is 22.7 Å². The number of halogens is 1. The lowest BCUT2D eigenvalue weighted by atomic mass is 10.2. The van der Waals surface area contributed by atoms with E-state index in [-0.39, 0.29) is 10.6 Å². The largest absolute Gasteiger partial charge is 0.497 e. The van der Waals surface area contributed by atoms with Gasteiger partial charge in [-0.25, -0.2) is 17.6 Å². The van der Waals surface area contributed by atoms with Gasteiger partial charge >= 0.3 is 5.97 Å². The van der Waals surface area contributed by atoms with Crippen molar-refractivity contribution in [3.63, 3.8) is 0 Å². The predicted molar refractivity (Wildman–Crippen MR) is 86.2 cm³/mol. The molecule has 2 rings (SSSR count). The highest BCUT2D eigenvalue weighted by Crippen LogP contribution is 2.28. The van der Waals surface area contributed by atoms with Gasteiger partial charge in [0.05, 0.1) is 17.7 Å². The quantitative estimate of drug-likeness (QED) is 0.863. The lowest BCUT2D eigenvalue weighted by Gasteiger charge is -2.28. The molecule has 8 heteroatoms. The first kappa shape index (κ1) is 17.7. The molecule has 6 nitrogen and oxygen atoms in total. The zero-order valence-electron chi connectivity index (χ0n) is 13.0. The van der Waals surface area contributed by atoms with Crippen LogP contribution in [0.25, 0.3) is 0 Å². The molecule has 0 aliphatic carbocycles. The van der Waals surface area contributed by atoms with E-state index in [1.165, 1.54) is 38.3 Å². The van der Waals surface area contributed by atoms with Gasteiger partial charge < -0.3 is 9.84 Å². The molecule has 0 aromatic heterocycles. The number of anilines is 1. The molecule has 0 aliphatic rings. The fourth-order valence-electron chi connectivity index (χ4n) is 2.12. The van der Waals surface area contributed by atoms with E-state index in [1.807, 2.05) is 0 Å². The summed E-state index contributed by atoms with van der Waals surface area (Å²) < 4.78 is 44.6. The monoisotopic (exact) mass is 353 g/mol. The third-order valence-electron chi connectivity index (χ3n) is 3.41. The van der Waals surface area contributed by atoms with Crippen molar-refractivity contribution in [3.05, 3.63) is 54.3 Å². The Hall–Kier alpha value is -2.61. The lowest BCUT2D eigenvalue weighted by molar-refractivity contribution is -0.137. The first-order chi connectivity index (χ1) is 11.3. The van der Waals surface area contributed by atoms with Gasteiger partial charge in [0, 0.05) is 0 Å². The Labute approximate surface area is 139 Å². The van der Waals surface area contributed by atoms with E-state index in [0.29, 0.717) is 5.75 Å². The summed E-state index contributed by atoms with van der Waals surface area (Å²) in [4.78, 5) is 11.2. The highest BCUT2D eigenvalue weighted by Gasteiger charge is 2.33. The number of carboxylic acids is 1. The molecule has 1 N–H and O–H groups in total. The fraction of sp³-hybridized carbons (Fsp3) is 0.188. The molecule has 0 saturated carbocycles. The van der Waals surface area contributed by atoms with Crippen molar-refractivity contribution < 1.29 is 27.4 Å². The SMILES string of the molecule is COc1ccc(N(C(C)C(=O)O)S(=O)(=O)c2ccc(F)cc2)cc1. The van der Waals surface area contributed by atoms with Gasteiger partial charge in [-0.1, -0.05) is 0 Å². The molecule has 128 valence electrons. The van der Waals surface area contributed by atoms with Crippen LogP contribution in [0.15, 0.2) is 53.4 Å². The number of sulfonamides is 1. The molecule has 2 aromatic rings. The van der Waals surface area contributed by atoms with Crippen molar-refractivity contribution in [2.24, 2.45) is 0 Å². The summed E-state index contributed by atoms with van der Waals surface area (Å²) in [6.07, 6.45) is 0. The summed E-state index contributed by atoms with van der Waals surface area (Å²) in [5, 5.41) is 9.28. The standard InChI is InChI=1S/C16H16FNO5S/c1-11(16(19)20)18(13-5-7-14(23-2)8-6-13)24(21,22)15-9-3-12(17)4-10-15/h3-11H,1-2H3,(H,19,20). The van der Waals surface area contributed by atoms with Crippen LogP contribution < -0.4 is 9.04 Å². The Kier molecular flexibility index (Phi) is 5.08. The number of rotatable bonds is 6. The van der Waals surface area contributed by atoms with Crippen LogP contribution in [0.3, 0.4) is 0 Å². The zero-order chi connectivity index (χ0) is 17.9. The minimum absolute atomic E-state index is 0.162. The summed E-state index contributed by atoms with van der Waals surface area (Å²) in [6, 6.07) is 8.78. The van der Waals surface area contributed by atoms with E-state index in [0.717, 1.165) is 28.6 Å². The summed E-state index contributed by atoms with van der Waals surface area (Å²) >= 11 is 0. The number of hydrogen-bond donors (Lipinski definition) is 1. The lowest BCUT2D eigenvalue weighted by Crippen LogP contribution is -2.43. The van der Waals surface area contributed by atoms with Gasteiger partial charge in [-0.15, -0.1) is 0 Å². The molecule has 0 saturated heterocycles. The van der Waals surface area contributed by atoms with Gasteiger partial charge in [-0.3, -0.25) is 4.31 Å². The minimum Gasteiger partial charge on any atom is -0.497 e. The fourth-order valence-corrected chi connectivity index (χ4v) is 3.73. The molecule has 1 unspecified atom stereocenters. The number of aliphatic carboxylic acids is 1. The number of benzene rings is 2. The number of hydrogen-bond acceptors (Lipinski definition) is 4. The molecule has 2 aromatic carbocycles. The van der Waals surface area contributed by atoms with Crippen LogP contribution in [0.4, 0.5) is 10.1 Å². The zero-order valence-corrected chi connectivity index (χ0v) is 13.8. The van der Waals surface area contributed by atoms with Crippen molar-refractivity contribution in [2.75, 3.05) is 11.4 Å². The molecule has 0 bridgehead atoms. The average Bonchev–Trinajstić information content (AvgIpc) is 2.55. The Morgan fingerprint density at radius 2 is 1.67 bits per heavy atom. The number of ether oxygens (including phenoxy) is 1. The average molecular weight is 353 g/mol.